The number of benzene rings is 2. The van der Waals surface area contributed by atoms with E-state index in [1.807, 2.05) is 30.3 Å². The number of unbranched alkanes of at least 4 members (excludes halogenated alkanes) is 1. The second-order valence-electron chi connectivity index (χ2n) is 9.54. The van der Waals surface area contributed by atoms with E-state index in [4.69, 9.17) is 28.2 Å². The first-order chi connectivity index (χ1) is 15.2. The van der Waals surface area contributed by atoms with Crippen LogP contribution in [-0.2, 0) is 9.59 Å². The quantitative estimate of drug-likeness (QED) is 0.468. The SMILES string of the molecule is CCCCC(=O)N1c2ccccc2N=C2CC(C)(C)CC(=O)[C@H]2[C@H]1c1ccc(Cl)c(Cl)c1. The fourth-order valence-electron chi connectivity index (χ4n) is 4.89. The molecule has 4 nitrogen and oxygen atoms in total. The molecule has 0 bridgehead atoms. The fourth-order valence-corrected chi connectivity index (χ4v) is 5.20. The average Bonchev–Trinajstić information content (AvgIpc) is 2.87. The van der Waals surface area contributed by atoms with Crippen LogP contribution in [0.3, 0.4) is 0 Å². The van der Waals surface area contributed by atoms with E-state index in [0.29, 0.717) is 29.3 Å². The summed E-state index contributed by atoms with van der Waals surface area (Å²) in [5, 5.41) is 0.850. The summed E-state index contributed by atoms with van der Waals surface area (Å²) in [4.78, 5) is 34.0. The summed E-state index contributed by atoms with van der Waals surface area (Å²) in [6, 6.07) is 12.5. The molecule has 0 aromatic heterocycles. The van der Waals surface area contributed by atoms with Gasteiger partial charge in [0.25, 0.3) is 0 Å². The van der Waals surface area contributed by atoms with Crippen LogP contribution < -0.4 is 4.90 Å². The number of anilines is 1. The van der Waals surface area contributed by atoms with Crippen LogP contribution in [0.2, 0.25) is 10.0 Å². The number of hydrogen-bond acceptors (Lipinski definition) is 3. The number of Topliss-reactive ketones (excluding diaryl/α,β-unsaturated/α-hetero) is 1. The van der Waals surface area contributed by atoms with E-state index in [9.17, 15) is 9.59 Å². The van der Waals surface area contributed by atoms with Crippen LogP contribution in [-0.4, -0.2) is 17.4 Å². The van der Waals surface area contributed by atoms with Crippen LogP contribution in [0.4, 0.5) is 11.4 Å². The van der Waals surface area contributed by atoms with Crippen LogP contribution in [0.5, 0.6) is 0 Å². The van der Waals surface area contributed by atoms with Crippen LogP contribution in [0.1, 0.15) is 64.5 Å². The van der Waals surface area contributed by atoms with E-state index < -0.39 is 12.0 Å². The molecule has 1 aliphatic heterocycles. The van der Waals surface area contributed by atoms with Gasteiger partial charge in [-0.05, 0) is 48.1 Å². The Morgan fingerprint density at radius 3 is 2.59 bits per heavy atom. The van der Waals surface area contributed by atoms with Gasteiger partial charge in [-0.3, -0.25) is 14.6 Å². The number of rotatable bonds is 4. The summed E-state index contributed by atoms with van der Waals surface area (Å²) in [5.74, 6) is -0.417. The molecule has 2 aromatic carbocycles. The Morgan fingerprint density at radius 1 is 1.12 bits per heavy atom. The highest BCUT2D eigenvalue weighted by molar-refractivity contribution is 6.42. The van der Waals surface area contributed by atoms with Crippen LogP contribution >= 0.6 is 23.2 Å². The molecule has 0 saturated heterocycles. The lowest BCUT2D eigenvalue weighted by molar-refractivity contribution is -0.125. The van der Waals surface area contributed by atoms with Gasteiger partial charge in [-0.15, -0.1) is 0 Å². The number of carbonyl (C=O) groups excluding carboxylic acids is 2. The van der Waals surface area contributed by atoms with Crippen molar-refractivity contribution in [3.8, 4) is 0 Å². The molecule has 0 spiro atoms. The molecular formula is C26H28Cl2N2O2. The lowest BCUT2D eigenvalue weighted by Gasteiger charge is -2.41. The molecule has 1 fully saturated rings. The summed E-state index contributed by atoms with van der Waals surface area (Å²) in [5.41, 5.74) is 2.92. The van der Waals surface area contributed by atoms with Crippen molar-refractivity contribution >= 4 is 52.0 Å². The molecule has 0 radical (unpaired) electrons. The molecular weight excluding hydrogens is 443 g/mol. The summed E-state index contributed by atoms with van der Waals surface area (Å²) in [6.45, 7) is 6.26. The summed E-state index contributed by atoms with van der Waals surface area (Å²) in [7, 11) is 0. The van der Waals surface area contributed by atoms with Gasteiger partial charge >= 0.3 is 0 Å². The van der Waals surface area contributed by atoms with Crippen molar-refractivity contribution in [1.29, 1.82) is 0 Å². The predicted molar refractivity (Wildman–Crippen MR) is 131 cm³/mol. The molecule has 1 heterocycles. The van der Waals surface area contributed by atoms with Gasteiger partial charge in [0.2, 0.25) is 5.91 Å². The number of fused-ring (bicyclic) bond motifs is 2. The van der Waals surface area contributed by atoms with Crippen molar-refractivity contribution in [2.75, 3.05) is 4.90 Å². The van der Waals surface area contributed by atoms with Crippen molar-refractivity contribution in [2.45, 2.75) is 58.9 Å². The predicted octanol–water partition coefficient (Wildman–Crippen LogP) is 7.35. The molecule has 0 unspecified atom stereocenters. The summed E-state index contributed by atoms with van der Waals surface area (Å²) < 4.78 is 0. The average molecular weight is 471 g/mol. The van der Waals surface area contributed by atoms with Crippen molar-refractivity contribution in [1.82, 2.24) is 0 Å². The van der Waals surface area contributed by atoms with Crippen molar-refractivity contribution in [2.24, 2.45) is 16.3 Å². The molecule has 168 valence electrons. The molecule has 2 aromatic rings. The third-order valence-corrected chi connectivity index (χ3v) is 7.05. The topological polar surface area (TPSA) is 49.7 Å². The first-order valence-electron chi connectivity index (χ1n) is 11.2. The van der Waals surface area contributed by atoms with Gasteiger partial charge in [-0.2, -0.15) is 0 Å². The lowest BCUT2D eigenvalue weighted by Crippen LogP contribution is -2.47. The standard InChI is InChI=1S/C26H28Cl2N2O2/c1-4-5-10-23(32)30-21-9-7-6-8-19(21)29-20-14-26(2,3)15-22(31)24(20)25(30)16-11-12-17(27)18(28)13-16/h6-9,11-13,24-25H,4-5,10,14-15H2,1-3H3/t24-,25+/m0/s1. The third kappa shape index (κ3) is 4.35. The molecule has 1 saturated carbocycles. The molecule has 0 N–H and O–H groups in total. The minimum Gasteiger partial charge on any atom is -0.302 e. The van der Waals surface area contributed by atoms with Crippen molar-refractivity contribution in [3.05, 3.63) is 58.1 Å². The van der Waals surface area contributed by atoms with Crippen LogP contribution in [0.25, 0.3) is 0 Å². The van der Waals surface area contributed by atoms with E-state index in [1.165, 1.54) is 0 Å². The smallest absolute Gasteiger partial charge is 0.227 e. The number of ketones is 1. The molecule has 32 heavy (non-hydrogen) atoms. The Bertz CT molecular complexity index is 1090. The zero-order valence-electron chi connectivity index (χ0n) is 18.7. The van der Waals surface area contributed by atoms with E-state index in [0.717, 1.165) is 35.5 Å². The molecule has 1 amide bonds. The van der Waals surface area contributed by atoms with Gasteiger partial charge in [0.05, 0.1) is 33.4 Å². The Labute approximate surface area is 199 Å². The zero-order chi connectivity index (χ0) is 23.0. The molecule has 6 heteroatoms. The number of hydrogen-bond donors (Lipinski definition) is 0. The number of aliphatic imine (C=N–C) groups is 1. The number of amides is 1. The van der Waals surface area contributed by atoms with Gasteiger partial charge < -0.3 is 4.90 Å². The maximum absolute atomic E-state index is 13.6. The first-order valence-corrected chi connectivity index (χ1v) is 11.9. The third-order valence-electron chi connectivity index (χ3n) is 6.32. The molecule has 4 rings (SSSR count). The molecule has 1 aliphatic carbocycles. The monoisotopic (exact) mass is 470 g/mol. The number of halogens is 2. The second kappa shape index (κ2) is 8.99. The van der Waals surface area contributed by atoms with Crippen molar-refractivity contribution in [3.63, 3.8) is 0 Å². The summed E-state index contributed by atoms with van der Waals surface area (Å²) >= 11 is 12.6. The van der Waals surface area contributed by atoms with E-state index in [1.54, 1.807) is 17.0 Å². The first kappa shape index (κ1) is 23.0. The largest absolute Gasteiger partial charge is 0.302 e. The van der Waals surface area contributed by atoms with Gasteiger partial charge in [0, 0.05) is 18.6 Å². The maximum Gasteiger partial charge on any atom is 0.227 e. The Balaban J connectivity index is 1.96. The highest BCUT2D eigenvalue weighted by Crippen LogP contribution is 2.48. The highest BCUT2D eigenvalue weighted by Gasteiger charge is 2.47. The normalized spacial score (nSPS) is 22.0. The molecule has 2 aliphatic rings. The Hall–Kier alpha value is -2.17. The summed E-state index contributed by atoms with van der Waals surface area (Å²) in [6.07, 6.45) is 3.25. The molecule has 2 atom stereocenters. The van der Waals surface area contributed by atoms with E-state index >= 15 is 0 Å². The van der Waals surface area contributed by atoms with E-state index in [-0.39, 0.29) is 17.1 Å². The Kier molecular flexibility index (Phi) is 6.46. The van der Waals surface area contributed by atoms with Crippen LogP contribution in [0.15, 0.2) is 47.5 Å². The van der Waals surface area contributed by atoms with Gasteiger partial charge in [-0.25, -0.2) is 0 Å². The minimum atomic E-state index is -0.516. The van der Waals surface area contributed by atoms with Gasteiger partial charge in [-0.1, -0.05) is 68.6 Å². The van der Waals surface area contributed by atoms with Gasteiger partial charge in [0.1, 0.15) is 5.78 Å². The second-order valence-corrected chi connectivity index (χ2v) is 10.4. The zero-order valence-corrected chi connectivity index (χ0v) is 20.2. The van der Waals surface area contributed by atoms with E-state index in [2.05, 4.69) is 20.8 Å². The lowest BCUT2D eigenvalue weighted by atomic mass is 9.68. The fraction of sp³-hybridized carbons (Fsp3) is 0.423. The highest BCUT2D eigenvalue weighted by atomic mass is 35.5. The number of nitrogens with zero attached hydrogens (tertiary/aromatic N) is 2. The van der Waals surface area contributed by atoms with Gasteiger partial charge in [0.15, 0.2) is 0 Å². The number of para-hydroxylation sites is 2. The van der Waals surface area contributed by atoms with Crippen LogP contribution in [0, 0.1) is 11.3 Å². The minimum absolute atomic E-state index is 0.00976. The number of carbonyl (C=O) groups is 2. The maximum atomic E-state index is 13.6. The Morgan fingerprint density at radius 2 is 1.88 bits per heavy atom. The van der Waals surface area contributed by atoms with Crippen molar-refractivity contribution < 1.29 is 9.59 Å².